The normalized spacial score (nSPS) is 25.3. The first kappa shape index (κ1) is 17.4. The van der Waals surface area contributed by atoms with Crippen LogP contribution in [0, 0.1) is 0 Å². The van der Waals surface area contributed by atoms with E-state index in [4.69, 9.17) is 4.74 Å². The highest BCUT2D eigenvalue weighted by molar-refractivity contribution is 5.27. The van der Waals surface area contributed by atoms with Crippen LogP contribution in [0.25, 0.3) is 0 Å². The predicted octanol–water partition coefficient (Wildman–Crippen LogP) is 1.84. The van der Waals surface area contributed by atoms with Crippen molar-refractivity contribution in [1.29, 1.82) is 0 Å². The summed E-state index contributed by atoms with van der Waals surface area (Å²) in [6.07, 6.45) is -2.13. The number of halogens is 3. The molecule has 0 unspecified atom stereocenters. The van der Waals surface area contributed by atoms with E-state index in [1.807, 2.05) is 0 Å². The van der Waals surface area contributed by atoms with Crippen LogP contribution in [0.1, 0.15) is 36.9 Å². The second kappa shape index (κ2) is 7.25. The molecule has 1 saturated heterocycles. The van der Waals surface area contributed by atoms with Crippen LogP contribution >= 0.6 is 0 Å². The maximum atomic E-state index is 13.1. The lowest BCUT2D eigenvalue weighted by atomic mass is 9.89. The van der Waals surface area contributed by atoms with E-state index < -0.39 is 11.9 Å². The number of aliphatic hydroxyl groups is 1. The molecule has 8 heteroatoms. The average molecular weight is 345 g/mol. The van der Waals surface area contributed by atoms with Crippen molar-refractivity contribution < 1.29 is 23.0 Å². The van der Waals surface area contributed by atoms with Gasteiger partial charge < -0.3 is 20.5 Å². The first-order valence-electron chi connectivity index (χ1n) is 8.27. The van der Waals surface area contributed by atoms with Crippen LogP contribution in [0.3, 0.4) is 0 Å². The number of rotatable bonds is 5. The van der Waals surface area contributed by atoms with Gasteiger partial charge in [-0.15, -0.1) is 0 Å². The zero-order chi connectivity index (χ0) is 17.2. The van der Waals surface area contributed by atoms with Crippen LogP contribution in [-0.2, 0) is 12.7 Å². The van der Waals surface area contributed by atoms with Crippen LogP contribution in [0.4, 0.5) is 13.2 Å². The molecule has 0 spiro atoms. The second-order valence-corrected chi connectivity index (χ2v) is 6.47. The minimum atomic E-state index is -4.51. The van der Waals surface area contributed by atoms with E-state index in [-0.39, 0.29) is 24.1 Å². The van der Waals surface area contributed by atoms with E-state index in [1.165, 1.54) is 0 Å². The van der Waals surface area contributed by atoms with Gasteiger partial charge in [0.05, 0.1) is 6.10 Å². The molecule has 1 aliphatic carbocycles. The van der Waals surface area contributed by atoms with Crippen molar-refractivity contribution in [3.8, 4) is 5.88 Å². The number of alkyl halides is 3. The van der Waals surface area contributed by atoms with Gasteiger partial charge in [0.2, 0.25) is 5.88 Å². The molecule has 1 aromatic rings. The third-order valence-corrected chi connectivity index (χ3v) is 4.43. The van der Waals surface area contributed by atoms with Gasteiger partial charge in [-0.3, -0.25) is 0 Å². The van der Waals surface area contributed by atoms with Gasteiger partial charge in [0, 0.05) is 18.7 Å². The topological polar surface area (TPSA) is 66.4 Å². The summed E-state index contributed by atoms with van der Waals surface area (Å²) in [4.78, 5) is 3.64. The van der Waals surface area contributed by atoms with Crippen LogP contribution < -0.4 is 15.4 Å². The Bertz CT molecular complexity index is 556. The van der Waals surface area contributed by atoms with E-state index in [2.05, 4.69) is 15.6 Å². The maximum Gasteiger partial charge on any atom is 0.433 e. The van der Waals surface area contributed by atoms with Gasteiger partial charge in [-0.2, -0.15) is 13.2 Å². The number of nitrogens with zero attached hydrogens (tertiary/aromatic N) is 1. The third kappa shape index (κ3) is 4.58. The number of piperidine rings is 1. The highest BCUT2D eigenvalue weighted by Crippen LogP contribution is 2.31. The summed E-state index contributed by atoms with van der Waals surface area (Å²) < 4.78 is 44.9. The largest absolute Gasteiger partial charge is 0.474 e. The quantitative estimate of drug-likeness (QED) is 0.760. The molecule has 2 heterocycles. The number of pyridine rings is 1. The Balaban J connectivity index is 1.70. The number of ether oxygens (including phenoxy) is 1. The monoisotopic (exact) mass is 345 g/mol. The molecule has 0 radical (unpaired) electrons. The summed E-state index contributed by atoms with van der Waals surface area (Å²) in [7, 11) is 0. The fourth-order valence-corrected chi connectivity index (χ4v) is 2.97. The number of nitrogens with one attached hydrogen (secondary N) is 2. The lowest BCUT2D eigenvalue weighted by molar-refractivity contribution is -0.141. The standard InChI is InChI=1S/C16H22F3N3O2/c17-16(18,19)14-5-10(9-21-11-7-12(23)8-11)6-15(22-14)24-13-1-3-20-4-2-13/h5-6,11-13,20-21,23H,1-4,7-9H2. The summed E-state index contributed by atoms with van der Waals surface area (Å²) in [5.41, 5.74) is -0.443. The van der Waals surface area contributed by atoms with Crippen molar-refractivity contribution in [1.82, 2.24) is 15.6 Å². The van der Waals surface area contributed by atoms with Crippen LogP contribution in [-0.4, -0.2) is 41.4 Å². The van der Waals surface area contributed by atoms with E-state index in [0.717, 1.165) is 32.0 Å². The molecule has 0 aromatic carbocycles. The summed E-state index contributed by atoms with van der Waals surface area (Å²) >= 11 is 0. The number of aromatic nitrogens is 1. The molecule has 3 rings (SSSR count). The molecule has 0 amide bonds. The van der Waals surface area contributed by atoms with Gasteiger partial charge in [0.1, 0.15) is 11.8 Å². The summed E-state index contributed by atoms with van der Waals surface area (Å²) in [6.45, 7) is 1.88. The van der Waals surface area contributed by atoms with Crippen LogP contribution in [0.5, 0.6) is 5.88 Å². The molecular weight excluding hydrogens is 323 g/mol. The minimum Gasteiger partial charge on any atom is -0.474 e. The maximum absolute atomic E-state index is 13.1. The van der Waals surface area contributed by atoms with Crippen molar-refractivity contribution in [2.45, 2.75) is 56.7 Å². The molecule has 1 aliphatic heterocycles. The van der Waals surface area contributed by atoms with Gasteiger partial charge in [-0.25, -0.2) is 4.98 Å². The number of aliphatic hydroxyl groups excluding tert-OH is 1. The summed E-state index contributed by atoms with van der Waals surface area (Å²) in [5, 5.41) is 15.6. The molecule has 1 aromatic heterocycles. The average Bonchev–Trinajstić information content (AvgIpc) is 2.50. The lowest BCUT2D eigenvalue weighted by Gasteiger charge is -2.32. The van der Waals surface area contributed by atoms with E-state index in [9.17, 15) is 18.3 Å². The Morgan fingerprint density at radius 1 is 1.25 bits per heavy atom. The fraction of sp³-hybridized carbons (Fsp3) is 0.688. The van der Waals surface area contributed by atoms with Gasteiger partial charge in [0.15, 0.2) is 0 Å². The minimum absolute atomic E-state index is 0.0298. The first-order chi connectivity index (χ1) is 11.4. The van der Waals surface area contributed by atoms with Crippen LogP contribution in [0.2, 0.25) is 0 Å². The molecule has 1 saturated carbocycles. The molecule has 24 heavy (non-hydrogen) atoms. The van der Waals surface area contributed by atoms with Crippen molar-refractivity contribution >= 4 is 0 Å². The molecule has 2 fully saturated rings. The van der Waals surface area contributed by atoms with Gasteiger partial charge in [-0.05, 0) is 50.4 Å². The summed E-state index contributed by atoms with van der Waals surface area (Å²) in [6, 6.07) is 2.77. The molecular formula is C16H22F3N3O2. The fourth-order valence-electron chi connectivity index (χ4n) is 2.97. The van der Waals surface area contributed by atoms with E-state index >= 15 is 0 Å². The number of hydrogen-bond donors (Lipinski definition) is 3. The lowest BCUT2D eigenvalue weighted by Crippen LogP contribution is -2.43. The Morgan fingerprint density at radius 3 is 2.58 bits per heavy atom. The van der Waals surface area contributed by atoms with E-state index in [0.29, 0.717) is 24.9 Å². The predicted molar refractivity (Wildman–Crippen MR) is 81.6 cm³/mol. The first-order valence-corrected chi connectivity index (χ1v) is 8.27. The molecule has 0 bridgehead atoms. The summed E-state index contributed by atoms with van der Waals surface area (Å²) in [5.74, 6) is 0.0298. The van der Waals surface area contributed by atoms with Crippen molar-refractivity contribution in [2.24, 2.45) is 0 Å². The van der Waals surface area contributed by atoms with Gasteiger partial charge in [-0.1, -0.05) is 0 Å². The Labute approximate surface area is 138 Å². The molecule has 134 valence electrons. The molecule has 3 N–H and O–H groups in total. The second-order valence-electron chi connectivity index (χ2n) is 6.47. The smallest absolute Gasteiger partial charge is 0.433 e. The SMILES string of the molecule is OC1CC(NCc2cc(OC3CCNCC3)nc(C(F)(F)F)c2)C1. The molecule has 2 aliphatic rings. The molecule has 0 atom stereocenters. The zero-order valence-corrected chi connectivity index (χ0v) is 13.3. The van der Waals surface area contributed by atoms with Gasteiger partial charge >= 0.3 is 6.18 Å². The van der Waals surface area contributed by atoms with Gasteiger partial charge in [0.25, 0.3) is 0 Å². The highest BCUT2D eigenvalue weighted by atomic mass is 19.4. The Morgan fingerprint density at radius 2 is 1.96 bits per heavy atom. The number of hydrogen-bond acceptors (Lipinski definition) is 5. The van der Waals surface area contributed by atoms with Crippen molar-refractivity contribution in [3.05, 3.63) is 23.4 Å². The zero-order valence-electron chi connectivity index (χ0n) is 13.3. The highest BCUT2D eigenvalue weighted by Gasteiger charge is 2.34. The van der Waals surface area contributed by atoms with Crippen LogP contribution in [0.15, 0.2) is 12.1 Å². The molecule has 5 nitrogen and oxygen atoms in total. The third-order valence-electron chi connectivity index (χ3n) is 4.43. The van der Waals surface area contributed by atoms with Crippen molar-refractivity contribution in [2.75, 3.05) is 13.1 Å². The Hall–Kier alpha value is -1.38. The van der Waals surface area contributed by atoms with Crippen molar-refractivity contribution in [3.63, 3.8) is 0 Å². The Kier molecular flexibility index (Phi) is 5.27. The van der Waals surface area contributed by atoms with E-state index in [1.54, 1.807) is 6.07 Å².